The standard InChI is InChI=1S/C17H18O3.C17H18O2/c1-3-14-10-15(17(18)19)9-12(2)16(14)20-11-13-7-5-4-6-8-13;1-3-16-10-15(11-18)9-13(2)17(16)19-12-14-7-5-4-6-8-14/h4-10H,3,11H2,1-2H3,(H,18,19);4-11H,3,12H2,1-2H3. The highest BCUT2D eigenvalue weighted by molar-refractivity contribution is 5.88. The molecule has 1 N–H and O–H groups in total. The third kappa shape index (κ3) is 8.30. The smallest absolute Gasteiger partial charge is 0.335 e. The second-order valence-corrected chi connectivity index (χ2v) is 9.29. The molecule has 4 rings (SSSR count). The summed E-state index contributed by atoms with van der Waals surface area (Å²) in [5.41, 5.74) is 7.14. The van der Waals surface area contributed by atoms with Gasteiger partial charge in [0.25, 0.3) is 0 Å². The van der Waals surface area contributed by atoms with Crippen LogP contribution in [-0.2, 0) is 26.1 Å². The number of carbonyl (C=O) groups is 2. The highest BCUT2D eigenvalue weighted by atomic mass is 16.5. The summed E-state index contributed by atoms with van der Waals surface area (Å²) in [4.78, 5) is 21.9. The van der Waals surface area contributed by atoms with Gasteiger partial charge in [-0.15, -0.1) is 0 Å². The van der Waals surface area contributed by atoms with Gasteiger partial charge in [0.1, 0.15) is 31.0 Å². The van der Waals surface area contributed by atoms with E-state index in [0.717, 1.165) is 64.0 Å². The van der Waals surface area contributed by atoms with E-state index in [2.05, 4.69) is 6.92 Å². The minimum atomic E-state index is -0.905. The van der Waals surface area contributed by atoms with Crippen LogP contribution in [0.3, 0.4) is 0 Å². The van der Waals surface area contributed by atoms with Crippen molar-refractivity contribution in [2.24, 2.45) is 0 Å². The maximum Gasteiger partial charge on any atom is 0.335 e. The van der Waals surface area contributed by atoms with Gasteiger partial charge in [-0.05, 0) is 84.3 Å². The summed E-state index contributed by atoms with van der Waals surface area (Å²) >= 11 is 0. The van der Waals surface area contributed by atoms with E-state index >= 15 is 0 Å². The molecule has 0 aliphatic rings. The van der Waals surface area contributed by atoms with Crippen molar-refractivity contribution < 1.29 is 24.2 Å². The van der Waals surface area contributed by atoms with Gasteiger partial charge < -0.3 is 14.6 Å². The van der Waals surface area contributed by atoms with E-state index in [-0.39, 0.29) is 0 Å². The summed E-state index contributed by atoms with van der Waals surface area (Å²) in [6.07, 6.45) is 2.48. The third-order valence-electron chi connectivity index (χ3n) is 6.32. The van der Waals surface area contributed by atoms with Gasteiger partial charge in [0.15, 0.2) is 0 Å². The Bertz CT molecular complexity index is 1380. The molecule has 4 aromatic carbocycles. The Kier molecular flexibility index (Phi) is 10.9. The number of carboxylic acid groups (broad SMARTS) is 1. The zero-order valence-electron chi connectivity index (χ0n) is 23.1. The molecule has 4 aromatic rings. The first-order chi connectivity index (χ1) is 18.9. The van der Waals surface area contributed by atoms with Crippen molar-refractivity contribution in [1.82, 2.24) is 0 Å². The first kappa shape index (κ1) is 29.2. The third-order valence-corrected chi connectivity index (χ3v) is 6.32. The topological polar surface area (TPSA) is 72.8 Å². The van der Waals surface area contributed by atoms with E-state index in [1.807, 2.05) is 93.6 Å². The van der Waals surface area contributed by atoms with Gasteiger partial charge in [-0.3, -0.25) is 4.79 Å². The predicted octanol–water partition coefficient (Wildman–Crippen LogP) is 7.78. The summed E-state index contributed by atoms with van der Waals surface area (Å²) in [7, 11) is 0. The first-order valence-corrected chi connectivity index (χ1v) is 13.1. The predicted molar refractivity (Wildman–Crippen MR) is 155 cm³/mol. The quantitative estimate of drug-likeness (QED) is 0.214. The van der Waals surface area contributed by atoms with Crippen molar-refractivity contribution in [2.75, 3.05) is 0 Å². The number of carbonyl (C=O) groups excluding carboxylic acids is 1. The van der Waals surface area contributed by atoms with Crippen LogP contribution < -0.4 is 9.47 Å². The van der Waals surface area contributed by atoms with Crippen LogP contribution in [0, 0.1) is 13.8 Å². The lowest BCUT2D eigenvalue weighted by Gasteiger charge is -2.14. The van der Waals surface area contributed by atoms with Gasteiger partial charge in [-0.2, -0.15) is 0 Å². The fraction of sp³-hybridized carbons (Fsp3) is 0.235. The highest BCUT2D eigenvalue weighted by Crippen LogP contribution is 2.28. The van der Waals surface area contributed by atoms with Crippen LogP contribution in [0.1, 0.15) is 67.9 Å². The largest absolute Gasteiger partial charge is 0.488 e. The van der Waals surface area contributed by atoms with E-state index in [4.69, 9.17) is 14.6 Å². The van der Waals surface area contributed by atoms with Gasteiger partial charge in [-0.25, -0.2) is 4.79 Å². The fourth-order valence-corrected chi connectivity index (χ4v) is 4.31. The monoisotopic (exact) mass is 524 g/mol. The van der Waals surface area contributed by atoms with Crippen LogP contribution in [0.5, 0.6) is 11.5 Å². The van der Waals surface area contributed by atoms with Crippen molar-refractivity contribution in [3.63, 3.8) is 0 Å². The second-order valence-electron chi connectivity index (χ2n) is 9.29. The van der Waals surface area contributed by atoms with Gasteiger partial charge in [0.05, 0.1) is 5.56 Å². The number of aromatic carboxylic acids is 1. The first-order valence-electron chi connectivity index (χ1n) is 13.1. The molecule has 0 aliphatic heterocycles. The maximum atomic E-state index is 11.1. The van der Waals surface area contributed by atoms with Gasteiger partial charge in [0, 0.05) is 5.56 Å². The summed E-state index contributed by atoms with van der Waals surface area (Å²) < 4.78 is 11.8. The lowest BCUT2D eigenvalue weighted by molar-refractivity contribution is 0.0696. The molecule has 0 heterocycles. The molecule has 0 saturated carbocycles. The Morgan fingerprint density at radius 1 is 0.718 bits per heavy atom. The van der Waals surface area contributed by atoms with Crippen molar-refractivity contribution in [2.45, 2.75) is 53.8 Å². The highest BCUT2D eigenvalue weighted by Gasteiger charge is 2.12. The van der Waals surface area contributed by atoms with Gasteiger partial charge >= 0.3 is 5.97 Å². The number of rotatable bonds is 10. The Morgan fingerprint density at radius 3 is 1.62 bits per heavy atom. The Morgan fingerprint density at radius 2 is 1.18 bits per heavy atom. The minimum absolute atomic E-state index is 0.311. The average molecular weight is 525 g/mol. The van der Waals surface area contributed by atoms with E-state index in [0.29, 0.717) is 24.3 Å². The zero-order valence-corrected chi connectivity index (χ0v) is 23.1. The molecule has 0 saturated heterocycles. The lowest BCUT2D eigenvalue weighted by atomic mass is 10.0. The van der Waals surface area contributed by atoms with Gasteiger partial charge in [0.2, 0.25) is 0 Å². The van der Waals surface area contributed by atoms with Crippen LogP contribution in [0.2, 0.25) is 0 Å². The number of aldehydes is 1. The molecule has 0 aliphatic carbocycles. The molecule has 0 unspecified atom stereocenters. The summed E-state index contributed by atoms with van der Waals surface area (Å²) in [5.74, 6) is 0.788. The molecule has 202 valence electrons. The molecular formula is C34H36O5. The SMILES string of the molecule is CCc1cc(C(=O)O)cc(C)c1OCc1ccccc1.CCc1cc(C=O)cc(C)c1OCc1ccccc1. The van der Waals surface area contributed by atoms with Crippen molar-refractivity contribution >= 4 is 12.3 Å². The van der Waals surface area contributed by atoms with Crippen molar-refractivity contribution in [3.05, 3.63) is 129 Å². The number of hydrogen-bond donors (Lipinski definition) is 1. The average Bonchev–Trinajstić information content (AvgIpc) is 2.96. The van der Waals surface area contributed by atoms with Crippen molar-refractivity contribution in [3.8, 4) is 11.5 Å². The molecule has 39 heavy (non-hydrogen) atoms. The number of ether oxygens (including phenoxy) is 2. The molecule has 0 atom stereocenters. The van der Waals surface area contributed by atoms with Crippen LogP contribution >= 0.6 is 0 Å². The van der Waals surface area contributed by atoms with E-state index in [9.17, 15) is 9.59 Å². The zero-order chi connectivity index (χ0) is 28.2. The fourth-order valence-electron chi connectivity index (χ4n) is 4.31. The molecular weight excluding hydrogens is 488 g/mol. The summed E-state index contributed by atoms with van der Waals surface area (Å²) in [5, 5.41) is 9.09. The van der Waals surface area contributed by atoms with E-state index in [1.165, 1.54) is 0 Å². The van der Waals surface area contributed by atoms with Crippen molar-refractivity contribution in [1.29, 1.82) is 0 Å². The lowest BCUT2D eigenvalue weighted by Crippen LogP contribution is -2.04. The Hall–Kier alpha value is -4.38. The molecule has 0 radical (unpaired) electrons. The molecule has 0 amide bonds. The van der Waals surface area contributed by atoms with E-state index in [1.54, 1.807) is 12.1 Å². The number of hydrogen-bond acceptors (Lipinski definition) is 4. The van der Waals surface area contributed by atoms with Crippen LogP contribution in [0.4, 0.5) is 0 Å². The number of aryl methyl sites for hydroxylation is 4. The molecule has 0 aromatic heterocycles. The molecule has 5 heteroatoms. The van der Waals surface area contributed by atoms with E-state index < -0.39 is 5.97 Å². The second kappa shape index (κ2) is 14.5. The van der Waals surface area contributed by atoms with Crippen LogP contribution in [0.25, 0.3) is 0 Å². The molecule has 5 nitrogen and oxygen atoms in total. The number of carboxylic acids is 1. The normalized spacial score (nSPS) is 10.3. The molecule has 0 fully saturated rings. The number of benzene rings is 4. The summed E-state index contributed by atoms with van der Waals surface area (Å²) in [6.45, 7) is 8.96. The molecule has 0 bridgehead atoms. The van der Waals surface area contributed by atoms with Gasteiger partial charge in [-0.1, -0.05) is 74.5 Å². The summed E-state index contributed by atoms with van der Waals surface area (Å²) in [6, 6.07) is 27.1. The minimum Gasteiger partial charge on any atom is -0.488 e. The molecule has 0 spiro atoms. The maximum absolute atomic E-state index is 11.1. The van der Waals surface area contributed by atoms with Crippen LogP contribution in [0.15, 0.2) is 84.9 Å². The Labute approximate surface area is 231 Å². The van der Waals surface area contributed by atoms with Crippen LogP contribution in [-0.4, -0.2) is 17.4 Å². The Balaban J connectivity index is 0.000000216.